The number of hydrogen-bond donors (Lipinski definition) is 0. The van der Waals surface area contributed by atoms with Crippen LogP contribution < -0.4 is 0 Å². The molecule has 0 saturated carbocycles. The van der Waals surface area contributed by atoms with Crippen LogP contribution in [0, 0.1) is 5.51 Å². The van der Waals surface area contributed by atoms with Crippen LogP contribution in [0.4, 0.5) is 0 Å². The number of nitrogens with zero attached hydrogens (tertiary/aromatic N) is 3. The molecule has 0 unspecified atom stereocenters. The second-order valence-corrected chi connectivity index (χ2v) is 3.70. The van der Waals surface area contributed by atoms with Crippen molar-refractivity contribution in [2.45, 2.75) is 6.92 Å². The van der Waals surface area contributed by atoms with Crippen LogP contribution in [0.3, 0.4) is 0 Å². The molecule has 0 amide bonds. The normalized spacial score (nSPS) is 10.5. The number of aromatic nitrogens is 3. The SMILES string of the molecule is CCOC(=O)c1nnc(Cl)c2s[c]nc12. The first kappa shape index (κ1) is 10.3. The quantitative estimate of drug-likeness (QED) is 0.751. The van der Waals surface area contributed by atoms with Gasteiger partial charge in [-0.05, 0) is 6.92 Å². The van der Waals surface area contributed by atoms with Gasteiger partial charge in [0.1, 0.15) is 5.52 Å². The molecule has 0 saturated heterocycles. The number of rotatable bonds is 2. The Balaban J connectivity index is 2.57. The molecule has 2 aromatic rings. The molecule has 0 aliphatic carbocycles. The first-order chi connectivity index (χ1) is 7.24. The third-order valence-electron chi connectivity index (χ3n) is 1.64. The summed E-state index contributed by atoms with van der Waals surface area (Å²) in [5.74, 6) is -0.550. The van der Waals surface area contributed by atoms with Crippen LogP contribution in [0.25, 0.3) is 10.2 Å². The van der Waals surface area contributed by atoms with E-state index in [1.165, 1.54) is 11.3 Å². The zero-order valence-electron chi connectivity index (χ0n) is 7.65. The highest BCUT2D eigenvalue weighted by Gasteiger charge is 2.18. The lowest BCUT2D eigenvalue weighted by Crippen LogP contribution is -2.09. The Morgan fingerprint density at radius 1 is 1.60 bits per heavy atom. The maximum Gasteiger partial charge on any atom is 0.361 e. The van der Waals surface area contributed by atoms with Gasteiger partial charge in [-0.15, -0.1) is 21.5 Å². The van der Waals surface area contributed by atoms with Gasteiger partial charge in [0.2, 0.25) is 0 Å². The van der Waals surface area contributed by atoms with Crippen LogP contribution in [0.5, 0.6) is 0 Å². The number of thiazole rings is 1. The van der Waals surface area contributed by atoms with Gasteiger partial charge >= 0.3 is 5.97 Å². The first-order valence-electron chi connectivity index (χ1n) is 4.10. The lowest BCUT2D eigenvalue weighted by atomic mass is 10.3. The average molecular weight is 243 g/mol. The van der Waals surface area contributed by atoms with Crippen molar-refractivity contribution < 1.29 is 9.53 Å². The fourth-order valence-corrected chi connectivity index (χ4v) is 1.87. The average Bonchev–Trinajstić information content (AvgIpc) is 2.68. The van der Waals surface area contributed by atoms with Gasteiger partial charge in [0, 0.05) is 0 Å². The lowest BCUT2D eigenvalue weighted by Gasteiger charge is -2.00. The highest BCUT2D eigenvalue weighted by atomic mass is 35.5. The molecule has 0 aliphatic heterocycles. The summed E-state index contributed by atoms with van der Waals surface area (Å²) in [6.45, 7) is 1.99. The van der Waals surface area contributed by atoms with E-state index >= 15 is 0 Å². The van der Waals surface area contributed by atoms with Crippen LogP contribution in [0.15, 0.2) is 0 Å². The van der Waals surface area contributed by atoms with E-state index in [1.807, 2.05) is 0 Å². The zero-order valence-corrected chi connectivity index (χ0v) is 9.22. The summed E-state index contributed by atoms with van der Waals surface area (Å²) in [4.78, 5) is 15.3. The molecule has 0 spiro atoms. The molecular weight excluding hydrogens is 238 g/mol. The third-order valence-corrected chi connectivity index (χ3v) is 2.79. The predicted molar refractivity (Wildman–Crippen MR) is 55.0 cm³/mol. The van der Waals surface area contributed by atoms with Gasteiger partial charge in [-0.3, -0.25) is 0 Å². The van der Waals surface area contributed by atoms with Crippen LogP contribution >= 0.6 is 22.9 Å². The van der Waals surface area contributed by atoms with Gasteiger partial charge in [0.05, 0.1) is 11.3 Å². The molecule has 0 fully saturated rings. The molecule has 1 radical (unpaired) electrons. The zero-order chi connectivity index (χ0) is 10.8. The van der Waals surface area contributed by atoms with Crippen molar-refractivity contribution in [2.24, 2.45) is 0 Å². The maximum atomic E-state index is 11.5. The number of carbonyl (C=O) groups excluding carboxylic acids is 1. The van der Waals surface area contributed by atoms with E-state index < -0.39 is 5.97 Å². The summed E-state index contributed by atoms with van der Waals surface area (Å²) in [5.41, 5.74) is 3.10. The summed E-state index contributed by atoms with van der Waals surface area (Å²) < 4.78 is 5.40. The molecule has 2 rings (SSSR count). The van der Waals surface area contributed by atoms with Gasteiger partial charge in [-0.25, -0.2) is 9.78 Å². The number of hydrogen-bond acceptors (Lipinski definition) is 6. The third kappa shape index (κ3) is 1.78. The molecule has 2 heterocycles. The van der Waals surface area contributed by atoms with E-state index in [9.17, 15) is 4.79 Å². The fraction of sp³-hybridized carbons (Fsp3) is 0.250. The maximum absolute atomic E-state index is 11.5. The van der Waals surface area contributed by atoms with E-state index in [1.54, 1.807) is 6.92 Å². The standard InChI is InChI=1S/C8H5ClN3O2S/c1-2-14-8(13)5-4-6(15-3-10-4)7(9)12-11-5/h2H2,1H3. The van der Waals surface area contributed by atoms with Crippen LogP contribution in [-0.2, 0) is 4.74 Å². The summed E-state index contributed by atoms with van der Waals surface area (Å²) >= 11 is 6.96. The summed E-state index contributed by atoms with van der Waals surface area (Å²) in [6, 6.07) is 0. The van der Waals surface area contributed by atoms with E-state index in [0.29, 0.717) is 10.2 Å². The Hall–Kier alpha value is -1.27. The second kappa shape index (κ2) is 4.08. The van der Waals surface area contributed by atoms with Crippen LogP contribution in [0.2, 0.25) is 5.15 Å². The van der Waals surface area contributed by atoms with Gasteiger partial charge in [0.15, 0.2) is 16.4 Å². The van der Waals surface area contributed by atoms with Gasteiger partial charge < -0.3 is 4.74 Å². The van der Waals surface area contributed by atoms with Crippen molar-refractivity contribution in [3.05, 3.63) is 16.4 Å². The number of halogens is 1. The van der Waals surface area contributed by atoms with Crippen molar-refractivity contribution in [1.82, 2.24) is 15.2 Å². The van der Waals surface area contributed by atoms with Gasteiger partial charge in [-0.2, -0.15) is 0 Å². The molecule has 5 nitrogen and oxygen atoms in total. The summed E-state index contributed by atoms with van der Waals surface area (Å²) in [7, 11) is 0. The smallest absolute Gasteiger partial charge is 0.361 e. The number of ether oxygens (including phenoxy) is 1. The Morgan fingerprint density at radius 3 is 3.13 bits per heavy atom. The summed E-state index contributed by atoms with van der Waals surface area (Å²) in [5, 5.41) is 7.53. The fourth-order valence-electron chi connectivity index (χ4n) is 1.04. The van der Waals surface area contributed by atoms with Crippen molar-refractivity contribution in [1.29, 1.82) is 0 Å². The van der Waals surface area contributed by atoms with Gasteiger partial charge in [-0.1, -0.05) is 11.6 Å². The Labute approximate surface area is 94.1 Å². The Morgan fingerprint density at radius 2 is 2.40 bits per heavy atom. The number of carbonyl (C=O) groups is 1. The van der Waals surface area contributed by atoms with Gasteiger partial charge in [0.25, 0.3) is 0 Å². The van der Waals surface area contributed by atoms with Crippen LogP contribution in [0.1, 0.15) is 17.4 Å². The predicted octanol–water partition coefficient (Wildman–Crippen LogP) is 1.72. The number of fused-ring (bicyclic) bond motifs is 1. The molecule has 0 bridgehead atoms. The molecule has 7 heteroatoms. The van der Waals surface area contributed by atoms with Crippen LogP contribution in [-0.4, -0.2) is 27.8 Å². The Kier molecular flexibility index (Phi) is 2.79. The highest BCUT2D eigenvalue weighted by Crippen LogP contribution is 2.25. The van der Waals surface area contributed by atoms with Crippen molar-refractivity contribution in [3.8, 4) is 0 Å². The lowest BCUT2D eigenvalue weighted by molar-refractivity contribution is 0.0520. The molecule has 15 heavy (non-hydrogen) atoms. The number of esters is 1. The highest BCUT2D eigenvalue weighted by molar-refractivity contribution is 7.17. The largest absolute Gasteiger partial charge is 0.461 e. The molecule has 2 aromatic heterocycles. The van der Waals surface area contributed by atoms with E-state index in [2.05, 4.69) is 20.7 Å². The van der Waals surface area contributed by atoms with Crippen molar-refractivity contribution in [3.63, 3.8) is 0 Å². The second-order valence-electron chi connectivity index (χ2n) is 2.54. The minimum Gasteiger partial charge on any atom is -0.461 e. The summed E-state index contributed by atoms with van der Waals surface area (Å²) in [6.07, 6.45) is 0. The molecule has 77 valence electrons. The molecular formula is C8H5ClN3O2S. The van der Waals surface area contributed by atoms with Crippen molar-refractivity contribution >= 4 is 39.1 Å². The minimum absolute atomic E-state index is 0.0775. The van der Waals surface area contributed by atoms with E-state index in [4.69, 9.17) is 16.3 Å². The van der Waals surface area contributed by atoms with Crippen molar-refractivity contribution in [2.75, 3.05) is 6.61 Å². The molecule has 0 aliphatic rings. The molecule has 0 atom stereocenters. The van der Waals surface area contributed by atoms with E-state index in [0.717, 1.165) is 0 Å². The molecule has 0 aromatic carbocycles. The van der Waals surface area contributed by atoms with E-state index in [-0.39, 0.29) is 17.5 Å². The monoisotopic (exact) mass is 242 g/mol. The first-order valence-corrected chi connectivity index (χ1v) is 5.29. The minimum atomic E-state index is -0.550. The Bertz CT molecular complexity index is 514. The molecule has 0 N–H and O–H groups in total. The topological polar surface area (TPSA) is 65.0 Å².